The van der Waals surface area contributed by atoms with Crippen LogP contribution in [0.3, 0.4) is 0 Å². The highest BCUT2D eigenvalue weighted by Crippen LogP contribution is 2.45. The molecule has 0 amide bonds. The number of hydrogen-bond acceptors (Lipinski definition) is 11. The summed E-state index contributed by atoms with van der Waals surface area (Å²) in [6.07, 6.45) is 9.00. The lowest BCUT2D eigenvalue weighted by molar-refractivity contribution is -0.158. The van der Waals surface area contributed by atoms with E-state index in [-0.39, 0.29) is 29.1 Å². The van der Waals surface area contributed by atoms with Crippen molar-refractivity contribution in [3.63, 3.8) is 0 Å². The molecule has 5 rings (SSSR count). The number of aromatic nitrogens is 2. The van der Waals surface area contributed by atoms with Gasteiger partial charge in [-0.3, -0.25) is 9.36 Å². The Morgan fingerprint density at radius 3 is 1.71 bits per heavy atom. The van der Waals surface area contributed by atoms with Crippen LogP contribution in [0.2, 0.25) is 36.3 Å². The second kappa shape index (κ2) is 25.6. The lowest BCUT2D eigenvalue weighted by Crippen LogP contribution is -2.52. The van der Waals surface area contributed by atoms with Gasteiger partial charge in [0.2, 0.25) is 0 Å². The summed E-state index contributed by atoms with van der Waals surface area (Å²) >= 11 is 2.03. The van der Waals surface area contributed by atoms with Crippen LogP contribution in [0.1, 0.15) is 136 Å². The summed E-state index contributed by atoms with van der Waals surface area (Å²) in [5.74, 6) is 3.89. The van der Waals surface area contributed by atoms with Crippen molar-refractivity contribution in [3.8, 4) is 11.5 Å². The van der Waals surface area contributed by atoms with Crippen molar-refractivity contribution in [2.45, 2.75) is 179 Å². The molecule has 0 saturated carbocycles. The van der Waals surface area contributed by atoms with Gasteiger partial charge >= 0.3 is 11.7 Å². The van der Waals surface area contributed by atoms with E-state index in [4.69, 9.17) is 32.8 Å². The number of thioether (sulfide) groups is 1. The number of benzene rings is 3. The Kier molecular flexibility index (Phi) is 20.9. The lowest BCUT2D eigenvalue weighted by Gasteiger charge is -2.41. The van der Waals surface area contributed by atoms with E-state index >= 15 is 0 Å². The maximum Gasteiger partial charge on any atom is 0.351 e. The number of methoxy groups -OCH3 is 2. The second-order valence-corrected chi connectivity index (χ2v) is 32.7. The first-order valence-electron chi connectivity index (χ1n) is 25.6. The monoisotopic (exact) mass is 1020 g/mol. The number of esters is 1. The molecule has 0 bridgehead atoms. The van der Waals surface area contributed by atoms with Crippen LogP contribution >= 0.6 is 11.8 Å². The minimum atomic E-state index is -2.51. The molecule has 1 aromatic heterocycles. The summed E-state index contributed by atoms with van der Waals surface area (Å²) in [5.41, 5.74) is 1.12. The van der Waals surface area contributed by atoms with Crippen molar-refractivity contribution in [1.29, 1.82) is 0 Å². The molecule has 11 nitrogen and oxygen atoms in total. The van der Waals surface area contributed by atoms with E-state index in [2.05, 4.69) is 92.1 Å². The molecule has 4 aromatic rings. The van der Waals surface area contributed by atoms with Crippen molar-refractivity contribution in [1.82, 2.24) is 9.55 Å². The molecule has 0 unspecified atom stereocenters. The summed E-state index contributed by atoms with van der Waals surface area (Å²) in [6.45, 7) is 24.4. The number of nitrogens with one attached hydrogen (secondary N) is 1. The van der Waals surface area contributed by atoms with E-state index in [9.17, 15) is 9.59 Å². The smallest absolute Gasteiger partial charge is 0.351 e. The maximum atomic E-state index is 14.7. The molecule has 1 aliphatic heterocycles. The van der Waals surface area contributed by atoms with Gasteiger partial charge in [0.1, 0.15) is 35.1 Å². The van der Waals surface area contributed by atoms with Crippen LogP contribution in [0, 0.1) is 0 Å². The average molecular weight is 1020 g/mol. The van der Waals surface area contributed by atoms with Crippen molar-refractivity contribution in [2.24, 2.45) is 0 Å². The molecule has 14 heteroatoms. The minimum absolute atomic E-state index is 0.0591. The van der Waals surface area contributed by atoms with Gasteiger partial charge in [-0.15, -0.1) is 0 Å². The number of unbranched alkanes of at least 4 members (excludes halogenated alkanes) is 8. The highest BCUT2D eigenvalue weighted by atomic mass is 32.2. The maximum absolute atomic E-state index is 14.7. The molecular weight excluding hydrogens is 931 g/mol. The average Bonchev–Trinajstić information content (AvgIpc) is 3.64. The molecule has 386 valence electrons. The normalized spacial score (nSPS) is 17.9. The predicted molar refractivity (Wildman–Crippen MR) is 293 cm³/mol. The van der Waals surface area contributed by atoms with E-state index in [1.54, 1.807) is 26.5 Å². The van der Waals surface area contributed by atoms with Crippen LogP contribution in [-0.4, -0.2) is 82.8 Å². The summed E-state index contributed by atoms with van der Waals surface area (Å²) in [6, 6.07) is 27.6. The Bertz CT molecular complexity index is 2210. The van der Waals surface area contributed by atoms with E-state index < -0.39 is 52.4 Å². The summed E-state index contributed by atoms with van der Waals surface area (Å²) in [4.78, 5) is 33.5. The Labute approximate surface area is 426 Å². The van der Waals surface area contributed by atoms with Gasteiger partial charge in [0.15, 0.2) is 29.0 Å². The molecule has 0 aliphatic carbocycles. The van der Waals surface area contributed by atoms with Crippen LogP contribution in [0.5, 0.6) is 11.5 Å². The first kappa shape index (κ1) is 57.0. The molecule has 0 radical (unpaired) electrons. The standard InChI is InChI=1S/C56H85N3O8SSi2/c1-14-68-40-26-21-19-17-15-16-18-20-25-29-49(60)66-51-50(67-70(12,13)55(5,6)7)47(41-64-69(10,11)54(2,3)4)65-52(51)59-39-38-48(57-53(59)61)58-56(42-27-23-22-24-28-42,43-30-34-45(62-8)35-31-43)44-32-36-46(63-9)37-33-44/h22-24,27-28,30-39,47,50-52H,14-21,25-26,29,40-41H2,1-13H3,(H,57,58,61)/t47-,50-,51+,52-/m1/s1. The summed E-state index contributed by atoms with van der Waals surface area (Å²) in [5, 5.41) is 3.50. The molecule has 1 aliphatic rings. The topological polar surface area (TPSA) is 119 Å². The molecule has 1 N–H and O–H groups in total. The molecule has 3 aromatic carbocycles. The predicted octanol–water partition coefficient (Wildman–Crippen LogP) is 13.5. The van der Waals surface area contributed by atoms with Gasteiger partial charge in [0, 0.05) is 12.6 Å². The number of carbonyl (C=O) groups is 1. The molecular formula is C56H85N3O8SSi2. The number of anilines is 1. The fraction of sp³-hybridized carbons (Fsp3) is 0.589. The zero-order valence-electron chi connectivity index (χ0n) is 44.7. The van der Waals surface area contributed by atoms with Crippen molar-refractivity contribution in [3.05, 3.63) is 118 Å². The van der Waals surface area contributed by atoms with Gasteiger partial charge in [-0.25, -0.2) is 4.79 Å². The minimum Gasteiger partial charge on any atom is -0.497 e. The van der Waals surface area contributed by atoms with Crippen LogP contribution in [-0.2, 0) is 28.7 Å². The number of nitrogens with zero attached hydrogens (tertiary/aromatic N) is 2. The van der Waals surface area contributed by atoms with Crippen molar-refractivity contribution < 1.29 is 32.6 Å². The zero-order valence-corrected chi connectivity index (χ0v) is 47.5. The fourth-order valence-electron chi connectivity index (χ4n) is 8.38. The van der Waals surface area contributed by atoms with Gasteiger partial charge in [-0.1, -0.05) is 148 Å². The van der Waals surface area contributed by atoms with Crippen LogP contribution < -0.4 is 20.5 Å². The Hall–Kier alpha value is -3.93. The molecule has 4 atom stereocenters. The van der Waals surface area contributed by atoms with Crippen LogP contribution in [0.4, 0.5) is 5.82 Å². The second-order valence-electron chi connectivity index (χ2n) is 21.8. The van der Waals surface area contributed by atoms with Crippen molar-refractivity contribution >= 4 is 40.2 Å². The molecule has 1 saturated heterocycles. The first-order valence-corrected chi connectivity index (χ1v) is 32.6. The fourth-order valence-corrected chi connectivity index (χ4v) is 11.4. The quantitative estimate of drug-likeness (QED) is 0.0266. The van der Waals surface area contributed by atoms with E-state index in [1.165, 1.54) is 54.6 Å². The third kappa shape index (κ3) is 14.8. The van der Waals surface area contributed by atoms with Gasteiger partial charge in [-0.05, 0) is 108 Å². The molecule has 2 heterocycles. The first-order chi connectivity index (χ1) is 33.2. The Morgan fingerprint density at radius 1 is 0.700 bits per heavy atom. The summed E-state index contributed by atoms with van der Waals surface area (Å²) < 4.78 is 40.1. The SMILES string of the molecule is CCSCCCCCCCCCCCC(=O)O[C@H]1[C@H](O[Si](C)(C)C(C)(C)C)[C@@H](CO[Si](C)(C)C(C)(C)C)O[C@H]1n1ccc(NC(c2ccccc2)(c2ccc(OC)cc2)c2ccc(OC)cc2)nc1=O. The highest BCUT2D eigenvalue weighted by molar-refractivity contribution is 7.99. The Balaban J connectivity index is 1.49. The van der Waals surface area contributed by atoms with Crippen LogP contribution in [0.25, 0.3) is 0 Å². The van der Waals surface area contributed by atoms with Crippen molar-refractivity contribution in [2.75, 3.05) is 37.6 Å². The van der Waals surface area contributed by atoms with Gasteiger partial charge in [-0.2, -0.15) is 16.7 Å². The number of rotatable bonds is 27. The molecule has 1 fully saturated rings. The zero-order chi connectivity index (χ0) is 51.2. The highest BCUT2D eigenvalue weighted by Gasteiger charge is 2.54. The van der Waals surface area contributed by atoms with E-state index in [0.29, 0.717) is 17.3 Å². The summed E-state index contributed by atoms with van der Waals surface area (Å²) in [7, 11) is -1.49. The molecule has 70 heavy (non-hydrogen) atoms. The van der Waals surface area contributed by atoms with Gasteiger partial charge in [0.05, 0.1) is 20.8 Å². The lowest BCUT2D eigenvalue weighted by atomic mass is 9.77. The molecule has 0 spiro atoms. The number of ether oxygens (including phenoxy) is 4. The third-order valence-electron chi connectivity index (χ3n) is 14.8. The number of carbonyl (C=O) groups excluding carboxylic acids is 1. The third-order valence-corrected chi connectivity index (χ3v) is 24.7. The number of hydrogen-bond donors (Lipinski definition) is 1. The van der Waals surface area contributed by atoms with Gasteiger partial charge < -0.3 is 33.1 Å². The van der Waals surface area contributed by atoms with Crippen LogP contribution in [0.15, 0.2) is 95.9 Å². The van der Waals surface area contributed by atoms with E-state index in [0.717, 1.165) is 36.0 Å². The van der Waals surface area contributed by atoms with Gasteiger partial charge in [0.25, 0.3) is 0 Å². The largest absolute Gasteiger partial charge is 0.497 e. The van der Waals surface area contributed by atoms with E-state index in [1.807, 2.05) is 78.5 Å². The Morgan fingerprint density at radius 2 is 1.21 bits per heavy atom.